The summed E-state index contributed by atoms with van der Waals surface area (Å²) >= 11 is 21.4. The maximum atomic E-state index is 4.50. The Morgan fingerprint density at radius 1 is 1.16 bits per heavy atom. The van der Waals surface area contributed by atoms with E-state index < -0.39 is 0 Å². The van der Waals surface area contributed by atoms with Crippen LogP contribution in [0.3, 0.4) is 0 Å². The molecule has 0 aromatic heterocycles. The molecule has 12 heteroatoms. The molecule has 0 aliphatic heterocycles. The average Bonchev–Trinajstić information content (AvgIpc) is 2.35. The molecule has 0 aliphatic carbocycles. The molecule has 0 spiro atoms. The monoisotopic (exact) mass is 1170 g/mol. The Morgan fingerprint density at radius 3 is 1.21 bits per heavy atom. The summed E-state index contributed by atoms with van der Waals surface area (Å²) in [5.74, 6) is 0. The van der Waals surface area contributed by atoms with Gasteiger partial charge in [0.15, 0.2) is 0 Å². The molecule has 0 heterocycles. The predicted octanol–water partition coefficient (Wildman–Crippen LogP) is 8.05. The van der Waals surface area contributed by atoms with E-state index in [0.29, 0.717) is 0 Å². The van der Waals surface area contributed by atoms with E-state index in [0.717, 1.165) is -0.0619 Å². The van der Waals surface area contributed by atoms with Crippen LogP contribution >= 0.6 is 175 Å². The first kappa shape index (κ1) is 44.8. The van der Waals surface area contributed by atoms with Gasteiger partial charge in [0.1, 0.15) is -0.0619 Å². The first-order valence-corrected chi connectivity index (χ1v) is 24.5. The van der Waals surface area contributed by atoms with Crippen molar-refractivity contribution in [3.05, 3.63) is 16.9 Å². The molecule has 0 aliphatic rings. The number of nitrogens with two attached hydrogens (primary N) is 1. The quantitative estimate of drug-likeness (QED) is 0.121. The zero-order chi connectivity index (χ0) is 16.6. The summed E-state index contributed by atoms with van der Waals surface area (Å²) < 4.78 is 0.743. The number of hydrogen-bond donors (Lipinski definition) is 2. The van der Waals surface area contributed by atoms with Gasteiger partial charge in [-0.05, 0) is 25.0 Å². The topological polar surface area (TPSA) is 26.0 Å². The maximum Gasteiger partial charge on any atom is 0 e. The van der Waals surface area contributed by atoms with Gasteiger partial charge in [0, 0.05) is 18.6 Å². The maximum absolute atomic E-state index is 4.50. The molecule has 1 radical (unpaired) electrons. The van der Waals surface area contributed by atoms with Crippen LogP contribution in [0.25, 0.3) is 0 Å². The Hall–Kier alpha value is 6.68. The van der Waals surface area contributed by atoms with Crippen LogP contribution in [-0.2, 0) is 23.5 Å². The molecule has 0 aromatic carbocycles. The standard InChI is InChI=1S/C3H6S.CHI3.CH2I.CH5N.CH4S.3HI.2V/c1-3-4-2;2-1(3)4;3*1-2;;;;;/h3H,1H2,2H3;1H;1H2;2H2,1H3;2H,1H3;3*1H;;/q;;-1;;;;;;;+3/p-3. The van der Waals surface area contributed by atoms with Crippen LogP contribution < -0.4 is 5.73 Å². The van der Waals surface area contributed by atoms with Gasteiger partial charge in [-0.3, -0.25) is 4.93 Å². The van der Waals surface area contributed by atoms with E-state index >= 15 is 0 Å². The molecule has 0 atom stereocenters. The number of thioether (sulfide) groups is 1. The van der Waals surface area contributed by atoms with Crippen molar-refractivity contribution >= 4 is 175 Å². The van der Waals surface area contributed by atoms with Crippen LogP contribution in [-0.4, -0.2) is 19.5 Å². The summed E-state index contributed by atoms with van der Waals surface area (Å²) in [7, 11) is 1.50. The largest absolute Gasteiger partial charge is 0 e. The number of hydrogen-bond acceptors (Lipinski definition) is 3. The Bertz CT molecular complexity index is 86.3. The fourth-order valence-corrected chi connectivity index (χ4v) is 0. The average molecular weight is 1170 g/mol. The second-order valence-electron chi connectivity index (χ2n) is 0.841. The predicted molar refractivity (Wildman–Crippen MR) is 156 cm³/mol. The van der Waals surface area contributed by atoms with Gasteiger partial charge in [-0.2, -0.15) is 12.6 Å². The fourth-order valence-electron chi connectivity index (χ4n) is 0. The molecule has 0 saturated heterocycles. The van der Waals surface area contributed by atoms with Crippen LogP contribution in [0.4, 0.5) is 0 Å². The van der Waals surface area contributed by atoms with Crippen LogP contribution in [0.15, 0.2) is 12.0 Å². The Morgan fingerprint density at radius 2 is 1.21 bits per heavy atom. The molecule has 0 unspecified atom stereocenters. The summed E-state index contributed by atoms with van der Waals surface area (Å²) in [5, 5.41) is 1.79. The zero-order valence-electron chi connectivity index (χ0n) is 10.5. The summed E-state index contributed by atoms with van der Waals surface area (Å²) in [4.78, 5) is 2.94. The van der Waals surface area contributed by atoms with Crippen molar-refractivity contribution in [2.24, 2.45) is 5.73 Å². The molecule has 0 rings (SSSR count). The first-order chi connectivity index (χ1) is 8.38. The van der Waals surface area contributed by atoms with Crippen LogP contribution in [0.1, 0.15) is 0 Å². The van der Waals surface area contributed by atoms with Crippen LogP contribution in [0.5, 0.6) is 0 Å². The third-order valence-corrected chi connectivity index (χ3v) is 0.500. The molecule has 0 fully saturated rings. The van der Waals surface area contributed by atoms with Gasteiger partial charge in [0.25, 0.3) is 0 Å². The Balaban J connectivity index is -0.0000000186. The van der Waals surface area contributed by atoms with E-state index in [4.69, 9.17) is 0 Å². The molecular weight excluding hydrogens is 1150 g/mol. The van der Waals surface area contributed by atoms with Gasteiger partial charge < -0.3 is 28.3 Å². The summed E-state index contributed by atoms with van der Waals surface area (Å²) in [5.41, 5.74) is 4.50. The SMILES string of the molecule is C=CSC.CN.CS.IC(I)I.[CH2-]I.[I][V]([I])[I].[V]. The molecule has 123 valence electrons. The van der Waals surface area contributed by atoms with Gasteiger partial charge >= 0.3 is 64.9 Å². The molecule has 0 saturated carbocycles. The Kier molecular flexibility index (Phi) is 152. The van der Waals surface area contributed by atoms with Crippen molar-refractivity contribution in [2.45, 2.75) is -0.0619 Å². The third-order valence-electron chi connectivity index (χ3n) is 0.167. The second kappa shape index (κ2) is 64.2. The molecular formula is C7H18I7NS2V2-. The van der Waals surface area contributed by atoms with Crippen molar-refractivity contribution in [2.75, 3.05) is 19.6 Å². The van der Waals surface area contributed by atoms with Gasteiger partial charge in [-0.25, -0.2) is 0 Å². The van der Waals surface area contributed by atoms with Crippen molar-refractivity contribution in [3.63, 3.8) is 0 Å². The minimum Gasteiger partial charge on any atom is 0 e. The Labute approximate surface area is 234 Å². The van der Waals surface area contributed by atoms with E-state index in [2.05, 4.69) is 158 Å². The number of halogens is 7. The number of alkyl halides is 3. The van der Waals surface area contributed by atoms with Crippen molar-refractivity contribution in [1.29, 1.82) is 0 Å². The van der Waals surface area contributed by atoms with Gasteiger partial charge in [0.2, 0.25) is 0 Å². The van der Waals surface area contributed by atoms with Crippen molar-refractivity contribution in [1.82, 2.24) is 0 Å². The van der Waals surface area contributed by atoms with Crippen molar-refractivity contribution in [3.8, 4) is 0 Å². The first-order valence-electron chi connectivity index (χ1n) is 3.51. The third kappa shape index (κ3) is 215. The normalized spacial score (nSPS) is 6.05. The van der Waals surface area contributed by atoms with E-state index in [9.17, 15) is 0 Å². The van der Waals surface area contributed by atoms with E-state index in [-0.39, 0.29) is 23.5 Å². The minimum atomic E-state index is -0.278. The molecule has 0 aromatic rings. The summed E-state index contributed by atoms with van der Waals surface area (Å²) in [6, 6.07) is 0. The van der Waals surface area contributed by atoms with E-state index in [1.807, 2.05) is 28.8 Å². The number of rotatable bonds is 1. The van der Waals surface area contributed by atoms with Crippen LogP contribution in [0, 0.1) is 4.93 Å². The minimum absolute atomic E-state index is 0. The number of thiol groups is 1. The summed E-state index contributed by atoms with van der Waals surface area (Å²) in [6.45, 7) is 3.44. The van der Waals surface area contributed by atoms with Crippen molar-refractivity contribution < 1.29 is 23.5 Å². The molecule has 2 N–H and O–H groups in total. The van der Waals surface area contributed by atoms with E-state index in [1.165, 1.54) is 7.05 Å². The van der Waals surface area contributed by atoms with Gasteiger partial charge in [-0.1, -0.05) is 74.4 Å². The smallest absolute Gasteiger partial charge is 0 e. The van der Waals surface area contributed by atoms with Crippen LogP contribution in [0.2, 0.25) is 0 Å². The second-order valence-corrected chi connectivity index (χ2v) is 47.9. The van der Waals surface area contributed by atoms with E-state index in [1.54, 1.807) is 23.4 Å². The summed E-state index contributed by atoms with van der Waals surface area (Å²) in [6.07, 6.45) is 3.67. The molecule has 0 amide bonds. The van der Waals surface area contributed by atoms with Gasteiger partial charge in [-0.15, -0.1) is 11.8 Å². The fraction of sp³-hybridized carbons (Fsp3) is 0.571. The molecule has 0 bridgehead atoms. The molecule has 1 nitrogen and oxygen atoms in total. The zero-order valence-corrected chi connectivity index (χ0v) is 30.1. The van der Waals surface area contributed by atoms with Gasteiger partial charge in [0.05, 0.1) is 0 Å². The molecule has 19 heavy (non-hydrogen) atoms.